The van der Waals surface area contributed by atoms with Gasteiger partial charge in [0.15, 0.2) is 0 Å². The summed E-state index contributed by atoms with van der Waals surface area (Å²) in [6, 6.07) is 7.85. The van der Waals surface area contributed by atoms with Crippen LogP contribution in [0.15, 0.2) is 41.2 Å². The van der Waals surface area contributed by atoms with Gasteiger partial charge in [-0.25, -0.2) is 0 Å². The SMILES string of the molecule is Cc1ccc(CNC(=O)c2ccoc2)c(C)c1. The third-order valence-corrected chi connectivity index (χ3v) is 2.72. The molecule has 88 valence electrons. The fourth-order valence-corrected chi connectivity index (χ4v) is 1.72. The zero-order valence-electron chi connectivity index (χ0n) is 9.99. The van der Waals surface area contributed by atoms with Crippen LogP contribution in [0.4, 0.5) is 0 Å². The lowest BCUT2D eigenvalue weighted by Gasteiger charge is -2.07. The van der Waals surface area contributed by atoms with Gasteiger partial charge < -0.3 is 9.73 Å². The van der Waals surface area contributed by atoms with E-state index in [1.165, 1.54) is 23.7 Å². The van der Waals surface area contributed by atoms with Crippen LogP contribution >= 0.6 is 0 Å². The molecule has 0 bridgehead atoms. The van der Waals surface area contributed by atoms with Gasteiger partial charge >= 0.3 is 0 Å². The number of carbonyl (C=O) groups is 1. The third-order valence-electron chi connectivity index (χ3n) is 2.72. The summed E-state index contributed by atoms with van der Waals surface area (Å²) in [6.07, 6.45) is 2.93. The van der Waals surface area contributed by atoms with Gasteiger partial charge in [0.1, 0.15) is 6.26 Å². The first-order valence-corrected chi connectivity index (χ1v) is 5.53. The van der Waals surface area contributed by atoms with Crippen molar-refractivity contribution in [1.29, 1.82) is 0 Å². The first kappa shape index (κ1) is 11.5. The zero-order valence-corrected chi connectivity index (χ0v) is 9.99. The van der Waals surface area contributed by atoms with Crippen LogP contribution in [0.5, 0.6) is 0 Å². The topological polar surface area (TPSA) is 42.2 Å². The van der Waals surface area contributed by atoms with E-state index in [4.69, 9.17) is 4.42 Å². The molecule has 3 nitrogen and oxygen atoms in total. The molecule has 2 aromatic rings. The van der Waals surface area contributed by atoms with Gasteiger partial charge in [0.2, 0.25) is 0 Å². The zero-order chi connectivity index (χ0) is 12.3. The molecule has 0 saturated carbocycles. The van der Waals surface area contributed by atoms with Crippen LogP contribution in [0.2, 0.25) is 0 Å². The maximum Gasteiger partial charge on any atom is 0.254 e. The molecule has 1 aromatic heterocycles. The average molecular weight is 229 g/mol. The third kappa shape index (κ3) is 2.75. The number of benzene rings is 1. The molecule has 0 radical (unpaired) electrons. The molecule has 0 aliphatic heterocycles. The van der Waals surface area contributed by atoms with Crippen molar-refractivity contribution < 1.29 is 9.21 Å². The van der Waals surface area contributed by atoms with E-state index in [0.717, 1.165) is 5.56 Å². The average Bonchev–Trinajstić information content (AvgIpc) is 2.81. The molecule has 2 rings (SSSR count). The second-order valence-corrected chi connectivity index (χ2v) is 4.12. The smallest absolute Gasteiger partial charge is 0.254 e. The molecule has 3 heteroatoms. The largest absolute Gasteiger partial charge is 0.472 e. The molecule has 0 spiro atoms. The van der Waals surface area contributed by atoms with Crippen LogP contribution in [-0.4, -0.2) is 5.91 Å². The number of carbonyl (C=O) groups excluding carboxylic acids is 1. The Morgan fingerprint density at radius 1 is 1.29 bits per heavy atom. The van der Waals surface area contributed by atoms with E-state index >= 15 is 0 Å². The highest BCUT2D eigenvalue weighted by atomic mass is 16.3. The number of furan rings is 1. The Hall–Kier alpha value is -2.03. The first-order valence-electron chi connectivity index (χ1n) is 5.53. The van der Waals surface area contributed by atoms with E-state index < -0.39 is 0 Å². The second kappa shape index (κ2) is 4.87. The highest BCUT2D eigenvalue weighted by Gasteiger charge is 2.06. The molecule has 1 N–H and O–H groups in total. The van der Waals surface area contributed by atoms with E-state index in [0.29, 0.717) is 12.1 Å². The van der Waals surface area contributed by atoms with Crippen molar-refractivity contribution in [3.8, 4) is 0 Å². The fraction of sp³-hybridized carbons (Fsp3) is 0.214. The van der Waals surface area contributed by atoms with Crippen LogP contribution in [0.25, 0.3) is 0 Å². The van der Waals surface area contributed by atoms with Gasteiger partial charge in [0, 0.05) is 6.54 Å². The number of amides is 1. The molecular formula is C14H15NO2. The minimum Gasteiger partial charge on any atom is -0.472 e. The normalized spacial score (nSPS) is 10.2. The standard InChI is InChI=1S/C14H15NO2/c1-10-3-4-12(11(2)7-10)8-15-14(16)13-5-6-17-9-13/h3-7,9H,8H2,1-2H3,(H,15,16). The minimum atomic E-state index is -0.112. The molecule has 1 heterocycles. The molecular weight excluding hydrogens is 214 g/mol. The summed E-state index contributed by atoms with van der Waals surface area (Å²) < 4.78 is 4.87. The van der Waals surface area contributed by atoms with Gasteiger partial charge in [-0.3, -0.25) is 4.79 Å². The number of hydrogen-bond donors (Lipinski definition) is 1. The number of nitrogens with one attached hydrogen (secondary N) is 1. The molecule has 1 amide bonds. The summed E-state index contributed by atoms with van der Waals surface area (Å²) in [5.41, 5.74) is 4.10. The predicted octanol–water partition coefficient (Wildman–Crippen LogP) is 2.83. The Bertz CT molecular complexity index is 515. The van der Waals surface area contributed by atoms with E-state index in [9.17, 15) is 4.79 Å². The molecule has 0 unspecified atom stereocenters. The van der Waals surface area contributed by atoms with Gasteiger partial charge in [0.05, 0.1) is 11.8 Å². The highest BCUT2D eigenvalue weighted by molar-refractivity contribution is 5.93. The van der Waals surface area contributed by atoms with Gasteiger partial charge in [-0.1, -0.05) is 23.8 Å². The monoisotopic (exact) mass is 229 g/mol. The van der Waals surface area contributed by atoms with E-state index in [-0.39, 0.29) is 5.91 Å². The van der Waals surface area contributed by atoms with Crippen molar-refractivity contribution >= 4 is 5.91 Å². The summed E-state index contributed by atoms with van der Waals surface area (Å²) in [5, 5.41) is 2.86. The summed E-state index contributed by atoms with van der Waals surface area (Å²) in [6.45, 7) is 4.64. The quantitative estimate of drug-likeness (QED) is 0.879. The van der Waals surface area contributed by atoms with Gasteiger partial charge in [-0.15, -0.1) is 0 Å². The van der Waals surface area contributed by atoms with Crippen molar-refractivity contribution in [3.63, 3.8) is 0 Å². The molecule has 1 aromatic carbocycles. The van der Waals surface area contributed by atoms with Crippen molar-refractivity contribution in [3.05, 3.63) is 59.0 Å². The van der Waals surface area contributed by atoms with Gasteiger partial charge in [0.25, 0.3) is 5.91 Å². The number of hydrogen-bond acceptors (Lipinski definition) is 2. The number of rotatable bonds is 3. The first-order chi connectivity index (χ1) is 8.16. The van der Waals surface area contributed by atoms with Gasteiger partial charge in [-0.05, 0) is 31.0 Å². The summed E-state index contributed by atoms with van der Waals surface area (Å²) in [4.78, 5) is 11.7. The number of aryl methyl sites for hydroxylation is 2. The Morgan fingerprint density at radius 3 is 2.76 bits per heavy atom. The van der Waals surface area contributed by atoms with E-state index in [2.05, 4.69) is 18.3 Å². The summed E-state index contributed by atoms with van der Waals surface area (Å²) >= 11 is 0. The van der Waals surface area contributed by atoms with Crippen LogP contribution in [0, 0.1) is 13.8 Å². The lowest BCUT2D eigenvalue weighted by atomic mass is 10.1. The van der Waals surface area contributed by atoms with Crippen molar-refractivity contribution in [2.45, 2.75) is 20.4 Å². The molecule has 0 saturated heterocycles. The second-order valence-electron chi connectivity index (χ2n) is 4.12. The summed E-state index contributed by atoms with van der Waals surface area (Å²) in [7, 11) is 0. The molecule has 0 fully saturated rings. The van der Waals surface area contributed by atoms with Crippen LogP contribution in [0.3, 0.4) is 0 Å². The Balaban J connectivity index is 2.01. The Labute approximate surface area is 100 Å². The van der Waals surface area contributed by atoms with Crippen LogP contribution in [-0.2, 0) is 6.54 Å². The maximum atomic E-state index is 11.7. The minimum absolute atomic E-state index is 0.112. The lowest BCUT2D eigenvalue weighted by molar-refractivity contribution is 0.0950. The molecule has 0 atom stereocenters. The van der Waals surface area contributed by atoms with Gasteiger partial charge in [-0.2, -0.15) is 0 Å². The fourth-order valence-electron chi connectivity index (χ4n) is 1.72. The summed E-state index contributed by atoms with van der Waals surface area (Å²) in [5.74, 6) is -0.112. The van der Waals surface area contributed by atoms with Crippen molar-refractivity contribution in [1.82, 2.24) is 5.32 Å². The van der Waals surface area contributed by atoms with Crippen molar-refractivity contribution in [2.75, 3.05) is 0 Å². The van der Waals surface area contributed by atoms with E-state index in [1.54, 1.807) is 6.07 Å². The highest BCUT2D eigenvalue weighted by Crippen LogP contribution is 2.10. The molecule has 0 aliphatic rings. The lowest BCUT2D eigenvalue weighted by Crippen LogP contribution is -2.22. The molecule has 17 heavy (non-hydrogen) atoms. The van der Waals surface area contributed by atoms with Crippen LogP contribution < -0.4 is 5.32 Å². The Kier molecular flexibility index (Phi) is 3.28. The van der Waals surface area contributed by atoms with E-state index in [1.807, 2.05) is 19.1 Å². The van der Waals surface area contributed by atoms with Crippen molar-refractivity contribution in [2.24, 2.45) is 0 Å². The molecule has 0 aliphatic carbocycles. The predicted molar refractivity (Wildman–Crippen MR) is 65.8 cm³/mol. The maximum absolute atomic E-state index is 11.7. The Morgan fingerprint density at radius 2 is 2.12 bits per heavy atom. The van der Waals surface area contributed by atoms with Crippen LogP contribution in [0.1, 0.15) is 27.0 Å².